The highest BCUT2D eigenvalue weighted by atomic mass is 15.5. The fourth-order valence-electron chi connectivity index (χ4n) is 8.75. The average molecular weight is 583 g/mol. The Morgan fingerprint density at radius 1 is 0.795 bits per heavy atom. The maximum Gasteiger partial charge on any atom is 0.162 e. The summed E-state index contributed by atoms with van der Waals surface area (Å²) in [5.41, 5.74) is 7.57. The largest absolute Gasteiger partial charge is 0.358 e. The van der Waals surface area contributed by atoms with Crippen molar-refractivity contribution in [3.8, 4) is 11.4 Å². The highest BCUT2D eigenvalue weighted by molar-refractivity contribution is 5.86. The third-order valence-corrected chi connectivity index (χ3v) is 10.7. The molecule has 44 heavy (non-hydrogen) atoms. The molecular formula is C38H42N6. The van der Waals surface area contributed by atoms with Crippen molar-refractivity contribution in [3.63, 3.8) is 0 Å². The third-order valence-electron chi connectivity index (χ3n) is 10.7. The first kappa shape index (κ1) is 28.2. The van der Waals surface area contributed by atoms with Crippen LogP contribution in [0.1, 0.15) is 43.4 Å². The lowest BCUT2D eigenvalue weighted by atomic mass is 9.51. The van der Waals surface area contributed by atoms with Crippen LogP contribution in [-0.4, -0.2) is 41.3 Å². The van der Waals surface area contributed by atoms with Gasteiger partial charge >= 0.3 is 0 Å². The molecule has 0 saturated heterocycles. The van der Waals surface area contributed by atoms with Crippen LogP contribution >= 0.6 is 0 Å². The van der Waals surface area contributed by atoms with Gasteiger partial charge in [0.25, 0.3) is 0 Å². The Kier molecular flexibility index (Phi) is 6.58. The second kappa shape index (κ2) is 10.3. The molecule has 6 nitrogen and oxygen atoms in total. The van der Waals surface area contributed by atoms with Gasteiger partial charge < -0.3 is 19.6 Å². The molecule has 4 aromatic rings. The summed E-state index contributed by atoms with van der Waals surface area (Å²) >= 11 is 0. The molecule has 0 amide bonds. The van der Waals surface area contributed by atoms with Crippen molar-refractivity contribution >= 4 is 22.9 Å². The molecule has 6 heteroatoms. The molecule has 0 aliphatic carbocycles. The molecule has 0 radical (unpaired) electrons. The maximum absolute atomic E-state index is 5.36. The Morgan fingerprint density at radius 3 is 2.16 bits per heavy atom. The second-order valence-corrected chi connectivity index (χ2v) is 12.5. The third kappa shape index (κ3) is 3.54. The highest BCUT2D eigenvalue weighted by Crippen LogP contribution is 2.66. The lowest BCUT2D eigenvalue weighted by Gasteiger charge is -2.64. The minimum Gasteiger partial charge on any atom is -0.358 e. The van der Waals surface area contributed by atoms with E-state index in [-0.39, 0.29) is 23.2 Å². The Bertz CT molecular complexity index is 1780. The van der Waals surface area contributed by atoms with E-state index in [1.165, 1.54) is 28.1 Å². The van der Waals surface area contributed by atoms with E-state index < -0.39 is 0 Å². The summed E-state index contributed by atoms with van der Waals surface area (Å²) in [6.07, 6.45) is 10.6. The van der Waals surface area contributed by atoms with E-state index in [1.54, 1.807) is 0 Å². The fraction of sp³-hybridized carbons (Fsp3) is 0.316. The van der Waals surface area contributed by atoms with Crippen molar-refractivity contribution in [1.82, 2.24) is 14.9 Å². The highest BCUT2D eigenvalue weighted by Gasteiger charge is 2.68. The molecule has 0 fully saturated rings. The number of hydrogen-bond acceptors (Lipinski definition) is 6. The number of fused-ring (bicyclic) bond motifs is 5. The van der Waals surface area contributed by atoms with E-state index in [4.69, 9.17) is 9.97 Å². The number of allylic oxidation sites excluding steroid dienone is 1. The van der Waals surface area contributed by atoms with E-state index in [0.29, 0.717) is 0 Å². The van der Waals surface area contributed by atoms with E-state index in [0.717, 1.165) is 35.7 Å². The van der Waals surface area contributed by atoms with Crippen molar-refractivity contribution in [2.45, 2.75) is 58.3 Å². The number of aromatic nitrogens is 2. The van der Waals surface area contributed by atoms with Gasteiger partial charge in [-0.3, -0.25) is 0 Å². The lowest BCUT2D eigenvalue weighted by Crippen LogP contribution is -2.72. The van der Waals surface area contributed by atoms with E-state index >= 15 is 0 Å². The predicted octanol–water partition coefficient (Wildman–Crippen LogP) is 8.17. The molecule has 0 N–H and O–H groups in total. The van der Waals surface area contributed by atoms with Crippen LogP contribution in [0.5, 0.6) is 0 Å². The van der Waals surface area contributed by atoms with E-state index in [1.807, 2.05) is 6.20 Å². The summed E-state index contributed by atoms with van der Waals surface area (Å²) < 4.78 is 0. The van der Waals surface area contributed by atoms with Gasteiger partial charge in [0.1, 0.15) is 18.0 Å². The van der Waals surface area contributed by atoms with Gasteiger partial charge in [-0.05, 0) is 55.5 Å². The first-order valence-electron chi connectivity index (χ1n) is 15.8. The maximum atomic E-state index is 5.36. The van der Waals surface area contributed by atoms with Gasteiger partial charge in [0, 0.05) is 48.8 Å². The fourth-order valence-corrected chi connectivity index (χ4v) is 8.75. The monoisotopic (exact) mass is 582 g/mol. The molecular weight excluding hydrogens is 540 g/mol. The van der Waals surface area contributed by atoms with Gasteiger partial charge in [-0.25, -0.2) is 9.97 Å². The predicted molar refractivity (Wildman–Crippen MR) is 182 cm³/mol. The Morgan fingerprint density at radius 2 is 1.48 bits per heavy atom. The number of nitrogens with zero attached hydrogens (tertiary/aromatic N) is 6. The molecule has 4 atom stereocenters. The van der Waals surface area contributed by atoms with Crippen molar-refractivity contribution in [2.24, 2.45) is 5.41 Å². The van der Waals surface area contributed by atoms with Gasteiger partial charge in [0.2, 0.25) is 0 Å². The number of benzene rings is 3. The number of aryl methyl sites for hydroxylation is 2. The summed E-state index contributed by atoms with van der Waals surface area (Å²) in [6, 6.07) is 26.0. The molecule has 224 valence electrons. The van der Waals surface area contributed by atoms with Gasteiger partial charge in [-0.2, -0.15) is 0 Å². The summed E-state index contributed by atoms with van der Waals surface area (Å²) in [4.78, 5) is 20.2. The number of para-hydroxylation sites is 2. The smallest absolute Gasteiger partial charge is 0.162 e. The number of anilines is 4. The molecule has 0 spiro atoms. The van der Waals surface area contributed by atoms with Crippen LogP contribution < -0.4 is 14.7 Å². The van der Waals surface area contributed by atoms with Gasteiger partial charge in [-0.1, -0.05) is 80.6 Å². The van der Waals surface area contributed by atoms with Crippen LogP contribution in [0, 0.1) is 19.3 Å². The van der Waals surface area contributed by atoms with Crippen molar-refractivity contribution in [1.29, 1.82) is 0 Å². The van der Waals surface area contributed by atoms with Crippen LogP contribution in [0.3, 0.4) is 0 Å². The first-order chi connectivity index (χ1) is 21.3. The summed E-state index contributed by atoms with van der Waals surface area (Å²) in [7, 11) is 4.45. The molecule has 0 bridgehead atoms. The van der Waals surface area contributed by atoms with Crippen LogP contribution in [0.2, 0.25) is 0 Å². The Hall–Kier alpha value is -4.58. The molecule has 3 aromatic carbocycles. The van der Waals surface area contributed by atoms with Crippen LogP contribution in [0.25, 0.3) is 11.4 Å². The normalized spacial score (nSPS) is 25.2. The van der Waals surface area contributed by atoms with E-state index in [9.17, 15) is 0 Å². The second-order valence-electron chi connectivity index (χ2n) is 12.5. The minimum absolute atomic E-state index is 0.00738. The van der Waals surface area contributed by atoms with Crippen molar-refractivity contribution in [3.05, 3.63) is 121 Å². The van der Waals surface area contributed by atoms with Crippen molar-refractivity contribution < 1.29 is 0 Å². The molecule has 3 aliphatic heterocycles. The zero-order valence-corrected chi connectivity index (χ0v) is 26.7. The molecule has 1 aromatic heterocycles. The average Bonchev–Trinajstić information content (AvgIpc) is 3.58. The van der Waals surface area contributed by atoms with Crippen LogP contribution in [0.4, 0.5) is 22.9 Å². The summed E-state index contributed by atoms with van der Waals surface area (Å²) in [5.74, 6) is 1.72. The van der Waals surface area contributed by atoms with E-state index in [2.05, 4.69) is 159 Å². The first-order valence-corrected chi connectivity index (χ1v) is 15.8. The van der Waals surface area contributed by atoms with Crippen LogP contribution in [0.15, 0.2) is 104 Å². The van der Waals surface area contributed by atoms with Gasteiger partial charge in [-0.15, -0.1) is 6.58 Å². The lowest BCUT2D eigenvalue weighted by molar-refractivity contribution is 0.0153. The quantitative estimate of drug-likeness (QED) is 0.214. The standard InChI is InChI=1S/C38H42N6/c1-8-37(9-2)29-20-14-16-22-31(29)44-34-32(25-39-33(40-34)28-19-13-11-17-26(28)4)42(7)36(44)38(37,10-3)35-41(6)23-24-43(35)30-21-15-12-18-27(30)5/h8,11-25,35-36H,1,9-10H2,2-7H3. The van der Waals surface area contributed by atoms with Gasteiger partial charge in [0.05, 0.1) is 11.6 Å². The number of rotatable bonds is 6. The molecule has 3 aliphatic rings. The minimum atomic E-state index is -0.351. The van der Waals surface area contributed by atoms with Crippen molar-refractivity contribution in [2.75, 3.05) is 28.8 Å². The molecule has 0 saturated carbocycles. The SMILES string of the molecule is C=CC1(CC)c2ccccc2N2c3nc(-c4ccccc4C)ncc3N(C)C2C1(CC)C1N(C)C=CN1c1ccccc1C. The summed E-state index contributed by atoms with van der Waals surface area (Å²) in [6.45, 7) is 13.6. The Balaban J connectivity index is 1.53. The molecule has 4 unspecified atom stereocenters. The number of hydrogen-bond donors (Lipinski definition) is 0. The molecule has 4 heterocycles. The Labute approximate surface area is 262 Å². The van der Waals surface area contributed by atoms with Crippen LogP contribution in [-0.2, 0) is 5.41 Å². The van der Waals surface area contributed by atoms with Gasteiger partial charge in [0.15, 0.2) is 11.6 Å². The zero-order valence-electron chi connectivity index (χ0n) is 26.7. The molecule has 7 rings (SSSR count). The summed E-state index contributed by atoms with van der Waals surface area (Å²) in [5, 5.41) is 0. The zero-order chi connectivity index (χ0) is 30.8. The topological polar surface area (TPSA) is 38.7 Å².